The highest BCUT2D eigenvalue weighted by atomic mass is 19.1. The first-order valence-electron chi connectivity index (χ1n) is 8.81. The molecule has 3 heterocycles. The second-order valence-corrected chi connectivity index (χ2v) is 6.67. The van der Waals surface area contributed by atoms with Crippen LogP contribution in [0.25, 0.3) is 11.3 Å². The van der Waals surface area contributed by atoms with Crippen LogP contribution < -0.4 is 15.3 Å². The van der Waals surface area contributed by atoms with Gasteiger partial charge in [0.15, 0.2) is 11.6 Å². The number of fused-ring (bicyclic) bond motifs is 5. The molecule has 0 saturated carbocycles. The van der Waals surface area contributed by atoms with E-state index in [0.717, 1.165) is 0 Å². The lowest BCUT2D eigenvalue weighted by Gasteiger charge is -2.23. The molecule has 1 unspecified atom stereocenters. The van der Waals surface area contributed by atoms with Gasteiger partial charge in [-0.15, -0.1) is 5.06 Å². The summed E-state index contributed by atoms with van der Waals surface area (Å²) < 4.78 is 21.3. The van der Waals surface area contributed by atoms with Gasteiger partial charge < -0.3 is 15.3 Å². The predicted octanol–water partition coefficient (Wildman–Crippen LogP) is 2.35. The van der Waals surface area contributed by atoms with E-state index in [4.69, 9.17) is 15.3 Å². The number of hydrogen-bond donors (Lipinski definition) is 1. The number of aryl methyl sites for hydroxylation is 1. The Morgan fingerprint density at radius 2 is 2.14 bits per heavy atom. The minimum Gasteiger partial charge on any atom is -0.467 e. The van der Waals surface area contributed by atoms with Gasteiger partial charge in [-0.1, -0.05) is 0 Å². The maximum Gasteiger partial charge on any atom is 0.258 e. The van der Waals surface area contributed by atoms with E-state index in [1.54, 1.807) is 26.1 Å². The van der Waals surface area contributed by atoms with Gasteiger partial charge >= 0.3 is 0 Å². The van der Waals surface area contributed by atoms with Crippen LogP contribution >= 0.6 is 0 Å². The minimum atomic E-state index is -0.621. The third kappa shape index (κ3) is 3.32. The second kappa shape index (κ2) is 7.03. The lowest BCUT2D eigenvalue weighted by atomic mass is 10.1. The van der Waals surface area contributed by atoms with Crippen molar-refractivity contribution in [3.05, 3.63) is 47.2 Å². The van der Waals surface area contributed by atoms with Crippen LogP contribution in [0.2, 0.25) is 0 Å². The molecule has 0 spiro atoms. The number of nitrogens with two attached hydrogens (primary N) is 1. The average Bonchev–Trinajstić information content (AvgIpc) is 2.98. The lowest BCUT2D eigenvalue weighted by molar-refractivity contribution is -0.0433. The molecule has 0 amide bonds. The molecule has 2 aromatic heterocycles. The van der Waals surface area contributed by atoms with E-state index in [1.165, 1.54) is 29.1 Å². The summed E-state index contributed by atoms with van der Waals surface area (Å²) in [6.07, 6.45) is 0.846. The van der Waals surface area contributed by atoms with Crippen molar-refractivity contribution in [1.29, 1.82) is 5.26 Å². The van der Waals surface area contributed by atoms with Gasteiger partial charge in [-0.3, -0.25) is 4.68 Å². The van der Waals surface area contributed by atoms with E-state index in [1.807, 2.05) is 0 Å². The molecule has 29 heavy (non-hydrogen) atoms. The van der Waals surface area contributed by atoms with E-state index in [2.05, 4.69) is 21.1 Å². The van der Waals surface area contributed by atoms with E-state index in [9.17, 15) is 9.65 Å². The number of ether oxygens (including phenoxy) is 1. The molecule has 4 rings (SSSR count). The van der Waals surface area contributed by atoms with E-state index in [-0.39, 0.29) is 18.2 Å². The highest BCUT2D eigenvalue weighted by Gasteiger charge is 2.25. The molecule has 0 aliphatic carbocycles. The van der Waals surface area contributed by atoms with E-state index < -0.39 is 11.9 Å². The van der Waals surface area contributed by atoms with Crippen molar-refractivity contribution >= 4 is 5.82 Å². The zero-order valence-electron chi connectivity index (χ0n) is 16.0. The zero-order valence-corrected chi connectivity index (χ0v) is 16.0. The van der Waals surface area contributed by atoms with Gasteiger partial charge in [0.2, 0.25) is 0 Å². The summed E-state index contributed by atoms with van der Waals surface area (Å²) in [7, 11) is 3.39. The number of anilines is 1. The Bertz CT molecular complexity index is 1140. The van der Waals surface area contributed by atoms with Crippen LogP contribution in [-0.2, 0) is 13.6 Å². The Morgan fingerprint density at radius 1 is 1.34 bits per heavy atom. The van der Waals surface area contributed by atoms with Crippen molar-refractivity contribution in [3.63, 3.8) is 0 Å². The Morgan fingerprint density at radius 3 is 2.90 bits per heavy atom. The van der Waals surface area contributed by atoms with Gasteiger partial charge in [-0.05, 0) is 25.1 Å². The number of hydrogen-bond acceptors (Lipinski definition) is 8. The Labute approximate surface area is 166 Å². The summed E-state index contributed by atoms with van der Waals surface area (Å²) >= 11 is 0. The van der Waals surface area contributed by atoms with Gasteiger partial charge in [0.25, 0.3) is 5.88 Å². The molecule has 2 bridgehead atoms. The summed E-state index contributed by atoms with van der Waals surface area (Å²) in [5, 5.41) is 15.6. The summed E-state index contributed by atoms with van der Waals surface area (Å²) in [5.74, 6) is 0.161. The standard InChI is InChI=1S/C19H18FN7O2/c1-10-12-6-11(20)4-5-16(12)29-26(2)9-14-17(15(7-21)27(3)25-14)13-8-23-18(22)19(24-13)28-10/h4-6,8,10H,9H2,1-3H3,(H2,22,23). The van der Waals surface area contributed by atoms with Crippen molar-refractivity contribution in [2.45, 2.75) is 19.6 Å². The molecule has 3 aromatic rings. The minimum absolute atomic E-state index is 0.0811. The SMILES string of the molecule is CC1Oc2nc(cnc2N)-c2c(nn(C)c2C#N)CN(C)Oc2ccc(F)cc21. The van der Waals surface area contributed by atoms with Gasteiger partial charge in [0.05, 0.1) is 29.7 Å². The van der Waals surface area contributed by atoms with Crippen LogP contribution in [0.15, 0.2) is 24.4 Å². The number of nitriles is 1. The van der Waals surface area contributed by atoms with Crippen molar-refractivity contribution in [3.8, 4) is 29.0 Å². The third-order valence-corrected chi connectivity index (χ3v) is 4.57. The number of nitrogen functional groups attached to an aromatic ring is 1. The van der Waals surface area contributed by atoms with Gasteiger partial charge in [-0.2, -0.15) is 10.4 Å². The van der Waals surface area contributed by atoms with Crippen LogP contribution in [0.5, 0.6) is 11.6 Å². The van der Waals surface area contributed by atoms with Gasteiger partial charge in [-0.25, -0.2) is 14.4 Å². The number of halogens is 1. The van der Waals surface area contributed by atoms with E-state index in [0.29, 0.717) is 34.0 Å². The van der Waals surface area contributed by atoms with E-state index >= 15 is 0 Å². The second-order valence-electron chi connectivity index (χ2n) is 6.67. The average molecular weight is 395 g/mol. The fourth-order valence-corrected chi connectivity index (χ4v) is 3.24. The van der Waals surface area contributed by atoms with Crippen LogP contribution in [-0.4, -0.2) is 31.9 Å². The first-order chi connectivity index (χ1) is 13.9. The van der Waals surface area contributed by atoms with Crippen molar-refractivity contribution in [2.24, 2.45) is 7.05 Å². The molecule has 148 valence electrons. The molecule has 1 atom stereocenters. The first kappa shape index (κ1) is 18.6. The van der Waals surface area contributed by atoms with Crippen LogP contribution in [0, 0.1) is 17.1 Å². The Hall–Kier alpha value is -3.71. The fraction of sp³-hybridized carbons (Fsp3) is 0.263. The summed E-state index contributed by atoms with van der Waals surface area (Å²) in [6, 6.07) is 6.32. The maximum absolute atomic E-state index is 13.9. The lowest BCUT2D eigenvalue weighted by Crippen LogP contribution is -2.24. The van der Waals surface area contributed by atoms with Crippen LogP contribution in [0.1, 0.15) is 30.0 Å². The van der Waals surface area contributed by atoms with Crippen LogP contribution in [0.4, 0.5) is 10.2 Å². The fourth-order valence-electron chi connectivity index (χ4n) is 3.24. The number of aromatic nitrogens is 4. The largest absolute Gasteiger partial charge is 0.467 e. The Balaban J connectivity index is 1.93. The maximum atomic E-state index is 13.9. The highest BCUT2D eigenvalue weighted by Crippen LogP contribution is 2.34. The quantitative estimate of drug-likeness (QED) is 0.617. The normalized spacial score (nSPS) is 16.3. The smallest absolute Gasteiger partial charge is 0.258 e. The topological polar surface area (TPSA) is 115 Å². The molecule has 1 aliphatic rings. The molecule has 10 heteroatoms. The van der Waals surface area contributed by atoms with Crippen molar-refractivity contribution in [2.75, 3.05) is 12.8 Å². The Kier molecular flexibility index (Phi) is 4.52. The molecule has 9 nitrogen and oxygen atoms in total. The van der Waals surface area contributed by atoms with Crippen molar-refractivity contribution in [1.82, 2.24) is 24.8 Å². The summed E-state index contributed by atoms with van der Waals surface area (Å²) in [5.41, 5.74) is 8.24. The third-order valence-electron chi connectivity index (χ3n) is 4.57. The molecule has 1 aliphatic heterocycles. The first-order valence-corrected chi connectivity index (χ1v) is 8.81. The number of nitrogens with zero attached hydrogens (tertiary/aromatic N) is 6. The monoisotopic (exact) mass is 395 g/mol. The number of hydroxylamine groups is 2. The number of rotatable bonds is 0. The molecule has 0 fully saturated rings. The molecular weight excluding hydrogens is 377 g/mol. The van der Waals surface area contributed by atoms with Gasteiger partial charge in [0.1, 0.15) is 23.7 Å². The predicted molar refractivity (Wildman–Crippen MR) is 101 cm³/mol. The van der Waals surface area contributed by atoms with Gasteiger partial charge in [0, 0.05) is 19.7 Å². The molecule has 2 N–H and O–H groups in total. The highest BCUT2D eigenvalue weighted by molar-refractivity contribution is 5.69. The summed E-state index contributed by atoms with van der Waals surface area (Å²) in [6.45, 7) is 1.98. The number of benzene rings is 1. The summed E-state index contributed by atoms with van der Waals surface area (Å²) in [4.78, 5) is 14.6. The molecular formula is C19H18FN7O2. The van der Waals surface area contributed by atoms with Crippen molar-refractivity contribution < 1.29 is 14.0 Å². The molecule has 1 aromatic carbocycles. The van der Waals surface area contributed by atoms with Crippen LogP contribution in [0.3, 0.4) is 0 Å². The molecule has 0 saturated heterocycles. The zero-order chi connectivity index (χ0) is 20.7. The molecule has 0 radical (unpaired) electrons.